The monoisotopic (exact) mass is 294 g/mol. The second kappa shape index (κ2) is 6.31. The van der Waals surface area contributed by atoms with Crippen molar-refractivity contribution in [2.45, 2.75) is 32.1 Å². The molecule has 0 aromatic carbocycles. The van der Waals surface area contributed by atoms with Gasteiger partial charge in [-0.25, -0.2) is 0 Å². The Morgan fingerprint density at radius 2 is 2.12 bits per heavy atom. The van der Waals surface area contributed by atoms with Crippen molar-refractivity contribution in [1.82, 2.24) is 4.98 Å². The molecular weight excluding hydrogens is 276 g/mol. The standard InChI is InChI=1S/C14H19BrN2/c15-13-6-7-14(17-10-13)8-12(9-16)11-4-2-1-3-5-11/h6-8,10-11H,1-5,9,16H2/b12-8-. The molecule has 1 aromatic heterocycles. The predicted molar refractivity (Wildman–Crippen MR) is 75.5 cm³/mol. The van der Waals surface area contributed by atoms with Crippen molar-refractivity contribution >= 4 is 22.0 Å². The molecule has 1 heterocycles. The van der Waals surface area contributed by atoms with Crippen LogP contribution in [0.2, 0.25) is 0 Å². The molecule has 1 aromatic rings. The van der Waals surface area contributed by atoms with Gasteiger partial charge in [-0.3, -0.25) is 4.98 Å². The molecule has 92 valence electrons. The lowest BCUT2D eigenvalue weighted by atomic mass is 9.83. The van der Waals surface area contributed by atoms with E-state index in [1.54, 1.807) is 0 Å². The highest BCUT2D eigenvalue weighted by atomic mass is 79.9. The molecule has 2 nitrogen and oxygen atoms in total. The van der Waals surface area contributed by atoms with Crippen molar-refractivity contribution in [3.8, 4) is 0 Å². The summed E-state index contributed by atoms with van der Waals surface area (Å²) < 4.78 is 1.02. The Balaban J connectivity index is 2.13. The number of hydrogen-bond acceptors (Lipinski definition) is 2. The van der Waals surface area contributed by atoms with Crippen LogP contribution in [0.3, 0.4) is 0 Å². The Bertz CT molecular complexity index is 378. The largest absolute Gasteiger partial charge is 0.327 e. The minimum atomic E-state index is 0.655. The maximum atomic E-state index is 5.88. The fourth-order valence-corrected chi connectivity index (χ4v) is 2.71. The van der Waals surface area contributed by atoms with E-state index in [0.717, 1.165) is 10.2 Å². The third-order valence-electron chi connectivity index (χ3n) is 3.45. The summed E-state index contributed by atoms with van der Waals surface area (Å²) >= 11 is 3.40. The van der Waals surface area contributed by atoms with E-state index in [4.69, 9.17) is 5.73 Å². The van der Waals surface area contributed by atoms with Crippen molar-refractivity contribution in [3.63, 3.8) is 0 Å². The summed E-state index contributed by atoms with van der Waals surface area (Å²) in [6, 6.07) is 4.05. The van der Waals surface area contributed by atoms with Crippen molar-refractivity contribution in [3.05, 3.63) is 34.1 Å². The molecule has 0 radical (unpaired) electrons. The first-order valence-electron chi connectivity index (χ1n) is 6.31. The third kappa shape index (κ3) is 3.65. The zero-order valence-electron chi connectivity index (χ0n) is 10.0. The van der Waals surface area contributed by atoms with Gasteiger partial charge >= 0.3 is 0 Å². The number of hydrogen-bond donors (Lipinski definition) is 1. The van der Waals surface area contributed by atoms with Crippen LogP contribution in [0.5, 0.6) is 0 Å². The fraction of sp³-hybridized carbons (Fsp3) is 0.500. The zero-order valence-corrected chi connectivity index (χ0v) is 11.6. The topological polar surface area (TPSA) is 38.9 Å². The first kappa shape index (κ1) is 12.8. The van der Waals surface area contributed by atoms with Crippen LogP contribution in [0, 0.1) is 5.92 Å². The van der Waals surface area contributed by atoms with Gasteiger partial charge in [0.25, 0.3) is 0 Å². The molecule has 3 heteroatoms. The highest BCUT2D eigenvalue weighted by molar-refractivity contribution is 9.10. The van der Waals surface area contributed by atoms with E-state index >= 15 is 0 Å². The molecule has 2 rings (SSSR count). The lowest BCUT2D eigenvalue weighted by Gasteiger charge is -2.23. The van der Waals surface area contributed by atoms with Crippen LogP contribution in [-0.2, 0) is 0 Å². The smallest absolute Gasteiger partial charge is 0.0630 e. The molecule has 0 atom stereocenters. The third-order valence-corrected chi connectivity index (χ3v) is 3.92. The highest BCUT2D eigenvalue weighted by Crippen LogP contribution is 2.30. The van der Waals surface area contributed by atoms with Gasteiger partial charge in [-0.2, -0.15) is 0 Å². The lowest BCUT2D eigenvalue weighted by Crippen LogP contribution is -2.16. The molecule has 1 aliphatic carbocycles. The fourth-order valence-electron chi connectivity index (χ4n) is 2.48. The minimum Gasteiger partial charge on any atom is -0.327 e. The zero-order chi connectivity index (χ0) is 12.1. The van der Waals surface area contributed by atoms with Crippen molar-refractivity contribution in [2.24, 2.45) is 11.7 Å². The van der Waals surface area contributed by atoms with Crippen LogP contribution in [0.1, 0.15) is 37.8 Å². The van der Waals surface area contributed by atoms with Gasteiger partial charge in [0.1, 0.15) is 0 Å². The van der Waals surface area contributed by atoms with Crippen LogP contribution in [0.15, 0.2) is 28.4 Å². The summed E-state index contributed by atoms with van der Waals surface area (Å²) in [7, 11) is 0. The van der Waals surface area contributed by atoms with Crippen molar-refractivity contribution in [1.29, 1.82) is 0 Å². The average Bonchev–Trinajstić information content (AvgIpc) is 2.39. The van der Waals surface area contributed by atoms with Crippen LogP contribution in [-0.4, -0.2) is 11.5 Å². The Hall–Kier alpha value is -0.670. The quantitative estimate of drug-likeness (QED) is 0.922. The first-order valence-corrected chi connectivity index (χ1v) is 7.11. The first-order chi connectivity index (χ1) is 8.29. The van der Waals surface area contributed by atoms with E-state index in [2.05, 4.69) is 27.0 Å². The van der Waals surface area contributed by atoms with E-state index in [0.29, 0.717) is 12.5 Å². The summed E-state index contributed by atoms with van der Waals surface area (Å²) in [6.45, 7) is 0.655. The Morgan fingerprint density at radius 1 is 1.35 bits per heavy atom. The molecule has 0 aliphatic heterocycles. The SMILES string of the molecule is NC/C(=C/c1ccc(Br)cn1)C1CCCCC1. The number of halogens is 1. The molecule has 1 saturated carbocycles. The van der Waals surface area contributed by atoms with E-state index in [-0.39, 0.29) is 0 Å². The molecule has 17 heavy (non-hydrogen) atoms. The van der Waals surface area contributed by atoms with Gasteiger partial charge in [-0.05, 0) is 52.9 Å². The predicted octanol–water partition coefficient (Wildman–Crippen LogP) is 3.77. The van der Waals surface area contributed by atoms with E-state index in [1.165, 1.54) is 37.7 Å². The summed E-state index contributed by atoms with van der Waals surface area (Å²) in [5, 5.41) is 0. The molecule has 0 amide bonds. The van der Waals surface area contributed by atoms with Crippen molar-refractivity contribution in [2.75, 3.05) is 6.54 Å². The maximum absolute atomic E-state index is 5.88. The molecule has 0 spiro atoms. The van der Waals surface area contributed by atoms with Crippen molar-refractivity contribution < 1.29 is 0 Å². The van der Waals surface area contributed by atoms with E-state index < -0.39 is 0 Å². The van der Waals surface area contributed by atoms with Gasteiger partial charge in [0.2, 0.25) is 0 Å². The second-order valence-electron chi connectivity index (χ2n) is 4.66. The summed E-state index contributed by atoms with van der Waals surface area (Å²) in [5.41, 5.74) is 8.25. The summed E-state index contributed by atoms with van der Waals surface area (Å²) in [4.78, 5) is 4.38. The molecule has 0 bridgehead atoms. The van der Waals surface area contributed by atoms with Gasteiger partial charge in [-0.1, -0.05) is 24.8 Å². The van der Waals surface area contributed by atoms with E-state index in [1.807, 2.05) is 18.3 Å². The number of nitrogens with two attached hydrogens (primary N) is 1. The molecule has 0 saturated heterocycles. The van der Waals surface area contributed by atoms with Gasteiger partial charge in [0.05, 0.1) is 5.69 Å². The number of aromatic nitrogens is 1. The summed E-state index contributed by atoms with van der Waals surface area (Å²) in [5.74, 6) is 0.680. The second-order valence-corrected chi connectivity index (χ2v) is 5.58. The molecule has 0 unspecified atom stereocenters. The Labute approximate surface area is 111 Å². The lowest BCUT2D eigenvalue weighted by molar-refractivity contribution is 0.401. The average molecular weight is 295 g/mol. The summed E-state index contributed by atoms with van der Waals surface area (Å²) in [6.07, 6.45) is 10.7. The number of rotatable bonds is 3. The normalized spacial score (nSPS) is 18.4. The van der Waals surface area contributed by atoms with E-state index in [9.17, 15) is 0 Å². The molecular formula is C14H19BrN2. The molecule has 1 fully saturated rings. The molecule has 2 N–H and O–H groups in total. The minimum absolute atomic E-state index is 0.655. The van der Waals surface area contributed by atoms with Gasteiger partial charge in [-0.15, -0.1) is 0 Å². The van der Waals surface area contributed by atoms with Crippen LogP contribution >= 0.6 is 15.9 Å². The van der Waals surface area contributed by atoms with Crippen LogP contribution < -0.4 is 5.73 Å². The van der Waals surface area contributed by atoms with Crippen LogP contribution in [0.25, 0.3) is 6.08 Å². The maximum Gasteiger partial charge on any atom is 0.0630 e. The van der Waals surface area contributed by atoms with Crippen LogP contribution in [0.4, 0.5) is 0 Å². The number of nitrogens with zero attached hydrogens (tertiary/aromatic N) is 1. The number of pyridine rings is 1. The molecule has 1 aliphatic rings. The van der Waals surface area contributed by atoms with Gasteiger partial charge < -0.3 is 5.73 Å². The highest BCUT2D eigenvalue weighted by Gasteiger charge is 2.16. The Morgan fingerprint density at radius 3 is 2.71 bits per heavy atom. The van der Waals surface area contributed by atoms with Gasteiger partial charge in [0, 0.05) is 17.2 Å². The van der Waals surface area contributed by atoms with Gasteiger partial charge in [0.15, 0.2) is 0 Å². The Kier molecular flexibility index (Phi) is 4.75.